The molecule has 0 aromatic heterocycles. The van der Waals surface area contributed by atoms with E-state index >= 15 is 0 Å². The number of benzene rings is 2. The van der Waals surface area contributed by atoms with Crippen LogP contribution in [0.15, 0.2) is 54.6 Å². The fourth-order valence-corrected chi connectivity index (χ4v) is 3.55. The van der Waals surface area contributed by atoms with Crippen molar-refractivity contribution in [2.45, 2.75) is 25.3 Å². The van der Waals surface area contributed by atoms with E-state index in [4.69, 9.17) is 11.6 Å². The van der Waals surface area contributed by atoms with Crippen LogP contribution >= 0.6 is 11.6 Å². The first-order valence-corrected chi connectivity index (χ1v) is 9.27. The average Bonchev–Trinajstić information content (AvgIpc) is 3.40. The Morgan fingerprint density at radius 2 is 1.88 bits per heavy atom. The summed E-state index contributed by atoms with van der Waals surface area (Å²) in [4.78, 5) is 14.6. The molecule has 132 valence electrons. The van der Waals surface area contributed by atoms with E-state index in [-0.39, 0.29) is 17.7 Å². The van der Waals surface area contributed by atoms with Crippen LogP contribution in [0, 0.1) is 5.92 Å². The summed E-state index contributed by atoms with van der Waals surface area (Å²) in [7, 11) is 2.11. The predicted molar refractivity (Wildman–Crippen MR) is 103 cm³/mol. The summed E-state index contributed by atoms with van der Waals surface area (Å²) in [6.45, 7) is 2.63. The zero-order valence-corrected chi connectivity index (χ0v) is 15.4. The first kappa shape index (κ1) is 18.0. The van der Waals surface area contributed by atoms with Gasteiger partial charge in [-0.15, -0.1) is 0 Å². The minimum Gasteiger partial charge on any atom is -0.356 e. The van der Waals surface area contributed by atoms with Gasteiger partial charge in [0.2, 0.25) is 5.91 Å². The van der Waals surface area contributed by atoms with Crippen molar-refractivity contribution in [1.82, 2.24) is 10.2 Å². The molecule has 25 heavy (non-hydrogen) atoms. The smallest absolute Gasteiger partial charge is 0.223 e. The summed E-state index contributed by atoms with van der Waals surface area (Å²) in [6.07, 6.45) is 1.86. The van der Waals surface area contributed by atoms with Gasteiger partial charge in [0.25, 0.3) is 0 Å². The molecule has 0 saturated heterocycles. The lowest BCUT2D eigenvalue weighted by Crippen LogP contribution is -2.29. The van der Waals surface area contributed by atoms with Crippen LogP contribution in [0.5, 0.6) is 0 Å². The third kappa shape index (κ3) is 5.07. The summed E-state index contributed by atoms with van der Waals surface area (Å²) in [5, 5.41) is 3.84. The van der Waals surface area contributed by atoms with Crippen LogP contribution in [-0.4, -0.2) is 30.9 Å². The maximum atomic E-state index is 12.3. The number of rotatable bonds is 8. The highest BCUT2D eigenvalue weighted by molar-refractivity contribution is 6.31. The topological polar surface area (TPSA) is 32.3 Å². The Balaban J connectivity index is 1.34. The Bertz CT molecular complexity index is 704. The highest BCUT2D eigenvalue weighted by Gasteiger charge is 2.44. The Hall–Kier alpha value is -1.84. The zero-order chi connectivity index (χ0) is 17.6. The molecule has 0 radical (unpaired) electrons. The van der Waals surface area contributed by atoms with E-state index in [2.05, 4.69) is 41.5 Å². The second kappa shape index (κ2) is 8.50. The molecule has 0 spiro atoms. The summed E-state index contributed by atoms with van der Waals surface area (Å²) >= 11 is 6.22. The number of hydrogen-bond donors (Lipinski definition) is 1. The second-order valence-corrected chi connectivity index (χ2v) is 7.25. The molecular weight excluding hydrogens is 332 g/mol. The van der Waals surface area contributed by atoms with Crippen LogP contribution in [0.3, 0.4) is 0 Å². The van der Waals surface area contributed by atoms with Crippen molar-refractivity contribution < 1.29 is 4.79 Å². The third-order valence-corrected chi connectivity index (χ3v) is 5.09. The first-order chi connectivity index (χ1) is 12.1. The summed E-state index contributed by atoms with van der Waals surface area (Å²) in [5.41, 5.74) is 2.42. The van der Waals surface area contributed by atoms with Crippen LogP contribution < -0.4 is 5.32 Å². The minimum atomic E-state index is 0.0851. The number of halogens is 1. The number of nitrogens with one attached hydrogen (secondary N) is 1. The molecule has 2 unspecified atom stereocenters. The maximum Gasteiger partial charge on any atom is 0.223 e. The average molecular weight is 357 g/mol. The van der Waals surface area contributed by atoms with Gasteiger partial charge in [0.15, 0.2) is 0 Å². The molecule has 2 aromatic rings. The van der Waals surface area contributed by atoms with Crippen molar-refractivity contribution in [3.63, 3.8) is 0 Å². The molecule has 1 aliphatic rings. The van der Waals surface area contributed by atoms with Gasteiger partial charge < -0.3 is 10.2 Å². The molecule has 2 atom stereocenters. The van der Waals surface area contributed by atoms with Gasteiger partial charge in [-0.3, -0.25) is 4.79 Å². The standard InChI is InChI=1S/C21H25ClN2O/c1-24(15-16-8-3-2-4-9-16)13-7-12-23-21(25)19-14-18(19)17-10-5-6-11-20(17)22/h2-6,8-11,18-19H,7,12-15H2,1H3,(H,23,25). The van der Waals surface area contributed by atoms with Crippen molar-refractivity contribution >= 4 is 17.5 Å². The lowest BCUT2D eigenvalue weighted by Gasteiger charge is -2.16. The van der Waals surface area contributed by atoms with Gasteiger partial charge in [0, 0.05) is 24.0 Å². The molecule has 3 rings (SSSR count). The molecule has 1 aliphatic carbocycles. The zero-order valence-electron chi connectivity index (χ0n) is 14.6. The van der Waals surface area contributed by atoms with Gasteiger partial charge in [-0.1, -0.05) is 60.1 Å². The van der Waals surface area contributed by atoms with Gasteiger partial charge >= 0.3 is 0 Å². The van der Waals surface area contributed by atoms with Crippen molar-refractivity contribution in [3.8, 4) is 0 Å². The molecule has 0 aliphatic heterocycles. The number of carbonyl (C=O) groups excluding carboxylic acids is 1. The van der Waals surface area contributed by atoms with Crippen LogP contribution in [0.1, 0.15) is 29.9 Å². The van der Waals surface area contributed by atoms with Crippen LogP contribution in [0.2, 0.25) is 5.02 Å². The minimum absolute atomic E-state index is 0.0851. The molecular formula is C21H25ClN2O. The largest absolute Gasteiger partial charge is 0.356 e. The van der Waals surface area contributed by atoms with Crippen molar-refractivity contribution in [2.75, 3.05) is 20.1 Å². The summed E-state index contributed by atoms with van der Waals surface area (Å²) < 4.78 is 0. The van der Waals surface area contributed by atoms with Crippen LogP contribution in [-0.2, 0) is 11.3 Å². The molecule has 0 bridgehead atoms. The van der Waals surface area contributed by atoms with E-state index in [0.29, 0.717) is 0 Å². The van der Waals surface area contributed by atoms with Crippen molar-refractivity contribution in [2.24, 2.45) is 5.92 Å². The second-order valence-electron chi connectivity index (χ2n) is 6.84. The summed E-state index contributed by atoms with van der Waals surface area (Å²) in [6, 6.07) is 18.3. The maximum absolute atomic E-state index is 12.3. The van der Waals surface area contributed by atoms with Gasteiger partial charge in [0.1, 0.15) is 0 Å². The molecule has 1 amide bonds. The van der Waals surface area contributed by atoms with Gasteiger partial charge in [-0.25, -0.2) is 0 Å². The summed E-state index contributed by atoms with van der Waals surface area (Å²) in [5.74, 6) is 0.534. The molecule has 3 nitrogen and oxygen atoms in total. The lowest BCUT2D eigenvalue weighted by atomic mass is 10.1. The fraction of sp³-hybridized carbons (Fsp3) is 0.381. The number of nitrogens with zero attached hydrogens (tertiary/aromatic N) is 1. The number of amides is 1. The molecule has 1 saturated carbocycles. The molecule has 4 heteroatoms. The molecule has 1 fully saturated rings. The lowest BCUT2D eigenvalue weighted by molar-refractivity contribution is -0.122. The quantitative estimate of drug-likeness (QED) is 0.723. The number of carbonyl (C=O) groups is 1. The van der Waals surface area contributed by atoms with Crippen molar-refractivity contribution in [1.29, 1.82) is 0 Å². The van der Waals surface area contributed by atoms with E-state index in [1.165, 1.54) is 5.56 Å². The van der Waals surface area contributed by atoms with Gasteiger partial charge in [-0.05, 0) is 49.5 Å². The third-order valence-electron chi connectivity index (χ3n) is 4.74. The Kier molecular flexibility index (Phi) is 6.11. The fourth-order valence-electron chi connectivity index (χ4n) is 3.27. The van der Waals surface area contributed by atoms with Crippen molar-refractivity contribution in [3.05, 3.63) is 70.7 Å². The first-order valence-electron chi connectivity index (χ1n) is 8.90. The van der Waals surface area contributed by atoms with E-state index < -0.39 is 0 Å². The Morgan fingerprint density at radius 1 is 1.16 bits per heavy atom. The monoisotopic (exact) mass is 356 g/mol. The normalized spacial score (nSPS) is 19.0. The molecule has 0 heterocycles. The highest BCUT2D eigenvalue weighted by atomic mass is 35.5. The molecule has 2 aromatic carbocycles. The van der Waals surface area contributed by atoms with Gasteiger partial charge in [0.05, 0.1) is 0 Å². The van der Waals surface area contributed by atoms with E-state index in [0.717, 1.165) is 43.1 Å². The highest BCUT2D eigenvalue weighted by Crippen LogP contribution is 2.49. The van der Waals surface area contributed by atoms with E-state index in [1.807, 2.05) is 30.3 Å². The molecule has 1 N–H and O–H groups in total. The SMILES string of the molecule is CN(CCCNC(=O)C1CC1c1ccccc1Cl)Cc1ccccc1. The van der Waals surface area contributed by atoms with Crippen LogP contribution in [0.25, 0.3) is 0 Å². The predicted octanol–water partition coefficient (Wildman–Crippen LogP) is 4.08. The number of hydrogen-bond acceptors (Lipinski definition) is 2. The Labute approximate surface area is 155 Å². The van der Waals surface area contributed by atoms with Gasteiger partial charge in [-0.2, -0.15) is 0 Å². The van der Waals surface area contributed by atoms with Crippen LogP contribution in [0.4, 0.5) is 0 Å². The van der Waals surface area contributed by atoms with E-state index in [1.54, 1.807) is 0 Å². The van der Waals surface area contributed by atoms with E-state index in [9.17, 15) is 4.79 Å². The Morgan fingerprint density at radius 3 is 2.64 bits per heavy atom.